The van der Waals surface area contributed by atoms with Crippen molar-refractivity contribution in [1.82, 2.24) is 0 Å². The van der Waals surface area contributed by atoms with E-state index < -0.39 is 0 Å². The Hall–Kier alpha value is -0.830. The van der Waals surface area contributed by atoms with Gasteiger partial charge in [0.15, 0.2) is 0 Å². The Morgan fingerprint density at radius 2 is 2.00 bits per heavy atom. The van der Waals surface area contributed by atoms with Crippen LogP contribution in [-0.2, 0) is 11.2 Å². The Balaban J connectivity index is 1.68. The number of aryl methyl sites for hydroxylation is 1. The van der Waals surface area contributed by atoms with Crippen LogP contribution in [0.2, 0.25) is 0 Å². The van der Waals surface area contributed by atoms with Gasteiger partial charge in [0, 0.05) is 16.9 Å². The summed E-state index contributed by atoms with van der Waals surface area (Å²) in [6, 6.07) is 6.50. The van der Waals surface area contributed by atoms with Crippen LogP contribution in [0.1, 0.15) is 60.9 Å². The molecule has 0 spiro atoms. The van der Waals surface area contributed by atoms with E-state index in [0.717, 1.165) is 18.0 Å². The predicted octanol–water partition coefficient (Wildman–Crippen LogP) is 4.98. The summed E-state index contributed by atoms with van der Waals surface area (Å²) >= 11 is 3.87. The van der Waals surface area contributed by atoms with Crippen molar-refractivity contribution in [3.63, 3.8) is 0 Å². The highest BCUT2D eigenvalue weighted by atomic mass is 79.9. The number of fused-ring (bicyclic) bond motifs is 1. The Morgan fingerprint density at radius 3 is 2.80 bits per heavy atom. The lowest BCUT2D eigenvalue weighted by Crippen LogP contribution is -2.19. The molecule has 1 aromatic rings. The maximum absolute atomic E-state index is 11.4. The molecule has 1 aliphatic heterocycles. The standard InChI is InChI=1S/C17H22BrNO/c18-15(10-12-4-2-1-3-5-12)13-6-8-16-14(11-13)7-9-17(20)19-16/h6,8,11-12,15H,1-5,7,9-10H2,(H,19,20). The molecular formula is C17H22BrNO. The van der Waals surface area contributed by atoms with Crippen molar-refractivity contribution in [2.45, 2.75) is 56.2 Å². The van der Waals surface area contributed by atoms with Crippen molar-refractivity contribution in [1.29, 1.82) is 0 Å². The smallest absolute Gasteiger partial charge is 0.224 e. The highest BCUT2D eigenvalue weighted by Crippen LogP contribution is 2.37. The van der Waals surface area contributed by atoms with E-state index in [1.807, 2.05) is 0 Å². The summed E-state index contributed by atoms with van der Waals surface area (Å²) < 4.78 is 0. The topological polar surface area (TPSA) is 29.1 Å². The molecule has 2 nitrogen and oxygen atoms in total. The molecule has 108 valence electrons. The first-order valence-corrected chi connectivity index (χ1v) is 8.70. The molecule has 1 N–H and O–H groups in total. The zero-order valence-corrected chi connectivity index (χ0v) is 13.4. The first-order valence-electron chi connectivity index (χ1n) is 7.79. The fourth-order valence-electron chi connectivity index (χ4n) is 3.45. The van der Waals surface area contributed by atoms with Crippen LogP contribution in [0.25, 0.3) is 0 Å². The summed E-state index contributed by atoms with van der Waals surface area (Å²) in [5.41, 5.74) is 3.66. The quantitative estimate of drug-likeness (QED) is 0.775. The van der Waals surface area contributed by atoms with Crippen LogP contribution < -0.4 is 5.32 Å². The molecule has 3 rings (SSSR count). The van der Waals surface area contributed by atoms with Crippen molar-refractivity contribution in [3.05, 3.63) is 29.3 Å². The van der Waals surface area contributed by atoms with Crippen molar-refractivity contribution >= 4 is 27.5 Å². The molecule has 1 fully saturated rings. The van der Waals surface area contributed by atoms with Gasteiger partial charge in [-0.3, -0.25) is 4.79 Å². The second-order valence-corrected chi connectivity index (χ2v) is 7.28. The summed E-state index contributed by atoms with van der Waals surface area (Å²) in [5, 5.41) is 2.95. The normalized spacial score (nSPS) is 21.1. The van der Waals surface area contributed by atoms with E-state index in [1.54, 1.807) is 0 Å². The van der Waals surface area contributed by atoms with Crippen LogP contribution >= 0.6 is 15.9 Å². The summed E-state index contributed by atoms with van der Waals surface area (Å²) in [7, 11) is 0. The van der Waals surface area contributed by atoms with Crippen LogP contribution in [0.15, 0.2) is 18.2 Å². The summed E-state index contributed by atoms with van der Waals surface area (Å²) in [6.07, 6.45) is 9.74. The lowest BCUT2D eigenvalue weighted by Gasteiger charge is -2.25. The maximum Gasteiger partial charge on any atom is 0.224 e. The molecule has 3 heteroatoms. The first kappa shape index (κ1) is 14.1. The third-order valence-corrected chi connectivity index (χ3v) is 5.55. The molecule has 0 bridgehead atoms. The zero-order chi connectivity index (χ0) is 13.9. The molecule has 1 aromatic carbocycles. The third kappa shape index (κ3) is 3.25. The number of nitrogens with one attached hydrogen (secondary N) is 1. The Kier molecular flexibility index (Phi) is 4.45. The number of alkyl halides is 1. The number of carbonyl (C=O) groups is 1. The number of benzene rings is 1. The second-order valence-electron chi connectivity index (χ2n) is 6.17. The van der Waals surface area contributed by atoms with Gasteiger partial charge >= 0.3 is 0 Å². The number of hydrogen-bond acceptors (Lipinski definition) is 1. The van der Waals surface area contributed by atoms with Gasteiger partial charge in [-0.05, 0) is 36.0 Å². The van der Waals surface area contributed by atoms with E-state index >= 15 is 0 Å². The van der Waals surface area contributed by atoms with E-state index in [-0.39, 0.29) is 5.91 Å². The fraction of sp³-hybridized carbons (Fsp3) is 0.588. The van der Waals surface area contributed by atoms with Crippen LogP contribution in [0.4, 0.5) is 5.69 Å². The van der Waals surface area contributed by atoms with E-state index in [1.165, 1.54) is 49.7 Å². The molecule has 2 aliphatic rings. The molecule has 1 saturated carbocycles. The molecule has 1 aliphatic carbocycles. The summed E-state index contributed by atoms with van der Waals surface area (Å²) in [5.74, 6) is 1.02. The number of hydrogen-bond donors (Lipinski definition) is 1. The van der Waals surface area contributed by atoms with Crippen LogP contribution in [0, 0.1) is 5.92 Å². The monoisotopic (exact) mass is 335 g/mol. The van der Waals surface area contributed by atoms with Gasteiger partial charge in [-0.1, -0.05) is 60.2 Å². The van der Waals surface area contributed by atoms with Crippen LogP contribution in [-0.4, -0.2) is 5.91 Å². The van der Waals surface area contributed by atoms with Crippen molar-refractivity contribution in [3.8, 4) is 0 Å². The van der Waals surface area contributed by atoms with Gasteiger partial charge in [0.25, 0.3) is 0 Å². The Labute approximate surface area is 129 Å². The number of carbonyl (C=O) groups excluding carboxylic acids is 1. The van der Waals surface area contributed by atoms with E-state index in [2.05, 4.69) is 39.4 Å². The number of halogens is 1. The average Bonchev–Trinajstić information content (AvgIpc) is 2.47. The SMILES string of the molecule is O=C1CCc2cc(C(Br)CC3CCCCC3)ccc2N1. The minimum absolute atomic E-state index is 0.142. The van der Waals surface area contributed by atoms with Gasteiger partial charge in [-0.2, -0.15) is 0 Å². The molecule has 1 amide bonds. The number of rotatable bonds is 3. The molecule has 20 heavy (non-hydrogen) atoms. The lowest BCUT2D eigenvalue weighted by molar-refractivity contribution is -0.116. The molecule has 1 heterocycles. The van der Waals surface area contributed by atoms with Crippen molar-refractivity contribution in [2.24, 2.45) is 5.92 Å². The molecule has 0 aromatic heterocycles. The molecule has 0 saturated heterocycles. The van der Waals surface area contributed by atoms with Crippen molar-refractivity contribution < 1.29 is 4.79 Å². The first-order chi connectivity index (χ1) is 9.72. The highest BCUT2D eigenvalue weighted by Gasteiger charge is 2.20. The number of anilines is 1. The molecule has 1 atom stereocenters. The molecule has 1 unspecified atom stereocenters. The van der Waals surface area contributed by atoms with E-state index in [9.17, 15) is 4.79 Å². The number of amides is 1. The molecular weight excluding hydrogens is 314 g/mol. The van der Waals surface area contributed by atoms with Crippen LogP contribution in [0.3, 0.4) is 0 Å². The summed E-state index contributed by atoms with van der Waals surface area (Å²) in [4.78, 5) is 11.8. The van der Waals surface area contributed by atoms with Gasteiger partial charge in [-0.25, -0.2) is 0 Å². The Bertz CT molecular complexity index is 494. The van der Waals surface area contributed by atoms with Crippen molar-refractivity contribution in [2.75, 3.05) is 5.32 Å². The minimum Gasteiger partial charge on any atom is -0.326 e. The third-order valence-electron chi connectivity index (χ3n) is 4.65. The van der Waals surface area contributed by atoms with E-state index in [4.69, 9.17) is 0 Å². The predicted molar refractivity (Wildman–Crippen MR) is 86.3 cm³/mol. The average molecular weight is 336 g/mol. The van der Waals surface area contributed by atoms with E-state index in [0.29, 0.717) is 11.2 Å². The largest absolute Gasteiger partial charge is 0.326 e. The van der Waals surface area contributed by atoms with Gasteiger partial charge in [-0.15, -0.1) is 0 Å². The molecule has 0 radical (unpaired) electrons. The van der Waals surface area contributed by atoms with Gasteiger partial charge in [0.2, 0.25) is 5.91 Å². The van der Waals surface area contributed by atoms with Gasteiger partial charge < -0.3 is 5.32 Å². The van der Waals surface area contributed by atoms with Crippen LogP contribution in [0.5, 0.6) is 0 Å². The lowest BCUT2D eigenvalue weighted by atomic mass is 9.85. The van der Waals surface area contributed by atoms with Gasteiger partial charge in [0.1, 0.15) is 0 Å². The highest BCUT2D eigenvalue weighted by molar-refractivity contribution is 9.09. The second kappa shape index (κ2) is 6.30. The maximum atomic E-state index is 11.4. The summed E-state index contributed by atoms with van der Waals surface area (Å²) in [6.45, 7) is 0. The van der Waals surface area contributed by atoms with Gasteiger partial charge in [0.05, 0.1) is 0 Å². The Morgan fingerprint density at radius 1 is 1.20 bits per heavy atom. The zero-order valence-electron chi connectivity index (χ0n) is 11.8. The minimum atomic E-state index is 0.142. The fourth-order valence-corrected chi connectivity index (χ4v) is 4.26.